The van der Waals surface area contributed by atoms with Gasteiger partial charge in [0.05, 0.1) is 11.4 Å². The van der Waals surface area contributed by atoms with E-state index in [1.54, 1.807) is 24.3 Å². The molecule has 0 aliphatic heterocycles. The van der Waals surface area contributed by atoms with Gasteiger partial charge in [0.2, 0.25) is 21.8 Å². The van der Waals surface area contributed by atoms with Gasteiger partial charge in [0.1, 0.15) is 0 Å². The van der Waals surface area contributed by atoms with Gasteiger partial charge in [0.25, 0.3) is 0 Å². The van der Waals surface area contributed by atoms with Crippen LogP contribution in [0.5, 0.6) is 0 Å². The van der Waals surface area contributed by atoms with Gasteiger partial charge in [-0.15, -0.1) is 0 Å². The fraction of sp³-hybridized carbons (Fsp3) is 0.167. The van der Waals surface area contributed by atoms with Gasteiger partial charge >= 0.3 is 0 Å². The number of nitrogens with zero attached hydrogens (tertiary/aromatic N) is 1. The molecule has 0 spiro atoms. The molecular weight excluding hydrogens is 462 g/mol. The highest BCUT2D eigenvalue weighted by atomic mass is 35.5. The third kappa shape index (κ3) is 6.64. The number of aryl methyl sites for hydroxylation is 1. The van der Waals surface area contributed by atoms with E-state index < -0.39 is 15.9 Å². The zero-order valence-corrected chi connectivity index (χ0v) is 19.8. The molecule has 0 saturated carbocycles. The maximum Gasteiger partial charge on any atom is 0.243 e. The summed E-state index contributed by atoms with van der Waals surface area (Å²) < 4.78 is 27.9. The first-order valence-electron chi connectivity index (χ1n) is 10.1. The van der Waals surface area contributed by atoms with Gasteiger partial charge in [-0.05, 0) is 66.6 Å². The highest BCUT2D eigenvalue weighted by molar-refractivity contribution is 7.89. The second-order valence-corrected chi connectivity index (χ2v) is 9.83. The van der Waals surface area contributed by atoms with Crippen molar-refractivity contribution in [2.45, 2.75) is 25.3 Å². The van der Waals surface area contributed by atoms with Gasteiger partial charge in [0.15, 0.2) is 0 Å². The number of carbonyl (C=O) groups is 2. The Morgan fingerprint density at radius 3 is 2.03 bits per heavy atom. The zero-order valence-electron chi connectivity index (χ0n) is 18.2. The lowest BCUT2D eigenvalue weighted by molar-refractivity contribution is -0.116. The molecule has 0 unspecified atom stereocenters. The van der Waals surface area contributed by atoms with Crippen LogP contribution in [-0.4, -0.2) is 31.1 Å². The van der Waals surface area contributed by atoms with Crippen molar-refractivity contribution in [1.82, 2.24) is 4.31 Å². The van der Waals surface area contributed by atoms with E-state index in [0.29, 0.717) is 16.4 Å². The number of halogens is 1. The summed E-state index contributed by atoms with van der Waals surface area (Å²) in [6.07, 6.45) is 0. The summed E-state index contributed by atoms with van der Waals surface area (Å²) in [7, 11) is -3.97. The number of anilines is 2. The van der Waals surface area contributed by atoms with Gasteiger partial charge in [-0.25, -0.2) is 8.42 Å². The Balaban J connectivity index is 1.83. The van der Waals surface area contributed by atoms with Crippen LogP contribution in [0.25, 0.3) is 0 Å². The van der Waals surface area contributed by atoms with Gasteiger partial charge in [-0.1, -0.05) is 35.9 Å². The smallest absolute Gasteiger partial charge is 0.243 e. The second-order valence-electron chi connectivity index (χ2n) is 7.46. The fourth-order valence-electron chi connectivity index (χ4n) is 3.16. The summed E-state index contributed by atoms with van der Waals surface area (Å²) in [5.41, 5.74) is 2.78. The quantitative estimate of drug-likeness (QED) is 0.493. The van der Waals surface area contributed by atoms with Crippen LogP contribution in [0.2, 0.25) is 5.02 Å². The lowest BCUT2D eigenvalue weighted by Gasteiger charge is -2.23. The number of benzene rings is 3. The number of carbonyl (C=O) groups excluding carboxylic acids is 2. The topological polar surface area (TPSA) is 95.6 Å². The van der Waals surface area contributed by atoms with Crippen LogP contribution in [-0.2, 0) is 26.2 Å². The molecule has 0 bridgehead atoms. The molecule has 0 fully saturated rings. The van der Waals surface area contributed by atoms with E-state index in [9.17, 15) is 18.0 Å². The summed E-state index contributed by atoms with van der Waals surface area (Å²) in [6, 6.07) is 19.8. The first-order valence-corrected chi connectivity index (χ1v) is 11.9. The molecule has 172 valence electrons. The monoisotopic (exact) mass is 485 g/mol. The molecule has 0 aliphatic rings. The summed E-state index contributed by atoms with van der Waals surface area (Å²) in [4.78, 5) is 24.0. The van der Waals surface area contributed by atoms with Crippen LogP contribution in [0.15, 0.2) is 77.7 Å². The minimum absolute atomic E-state index is 0.0342. The summed E-state index contributed by atoms with van der Waals surface area (Å²) in [6.45, 7) is 2.94. The number of hydrogen-bond acceptors (Lipinski definition) is 4. The Hall–Kier alpha value is -3.20. The first-order chi connectivity index (χ1) is 15.6. The highest BCUT2D eigenvalue weighted by Gasteiger charge is 2.27. The van der Waals surface area contributed by atoms with Gasteiger partial charge in [-0.3, -0.25) is 9.59 Å². The molecule has 0 radical (unpaired) electrons. The van der Waals surface area contributed by atoms with Crippen LogP contribution in [0.4, 0.5) is 11.4 Å². The third-order valence-electron chi connectivity index (χ3n) is 4.87. The predicted molar refractivity (Wildman–Crippen MR) is 130 cm³/mol. The van der Waals surface area contributed by atoms with Crippen LogP contribution < -0.4 is 10.6 Å². The van der Waals surface area contributed by atoms with Crippen LogP contribution in [0.3, 0.4) is 0 Å². The Labute approximate surface area is 198 Å². The van der Waals surface area contributed by atoms with Crippen molar-refractivity contribution < 1.29 is 18.0 Å². The molecule has 33 heavy (non-hydrogen) atoms. The molecule has 3 aromatic rings. The molecule has 0 aliphatic carbocycles. The van der Waals surface area contributed by atoms with E-state index >= 15 is 0 Å². The molecular formula is C24H24ClN3O4S. The maximum atomic E-state index is 13.4. The summed E-state index contributed by atoms with van der Waals surface area (Å²) >= 11 is 5.91. The van der Waals surface area contributed by atoms with E-state index in [4.69, 9.17) is 11.6 Å². The lowest BCUT2D eigenvalue weighted by atomic mass is 10.1. The van der Waals surface area contributed by atoms with Crippen molar-refractivity contribution >= 4 is 44.8 Å². The van der Waals surface area contributed by atoms with E-state index in [-0.39, 0.29) is 23.9 Å². The number of hydrogen-bond donors (Lipinski definition) is 2. The van der Waals surface area contributed by atoms with E-state index in [1.807, 2.05) is 31.2 Å². The van der Waals surface area contributed by atoms with Crippen LogP contribution in [0, 0.1) is 6.92 Å². The number of sulfonamides is 1. The zero-order chi connectivity index (χ0) is 24.0. The molecule has 2 N–H and O–H groups in total. The van der Waals surface area contributed by atoms with Crippen molar-refractivity contribution in [2.75, 3.05) is 17.2 Å². The number of rotatable bonds is 8. The highest BCUT2D eigenvalue weighted by Crippen LogP contribution is 2.22. The Morgan fingerprint density at radius 2 is 1.45 bits per heavy atom. The first kappa shape index (κ1) is 24.4. The molecule has 0 saturated heterocycles. The Bertz CT molecular complexity index is 1240. The number of amides is 2. The largest absolute Gasteiger partial charge is 0.326 e. The Kier molecular flexibility index (Phi) is 7.86. The van der Waals surface area contributed by atoms with Crippen molar-refractivity contribution in [3.8, 4) is 0 Å². The average Bonchev–Trinajstić information content (AvgIpc) is 2.76. The molecule has 0 atom stereocenters. The fourth-order valence-corrected chi connectivity index (χ4v) is 4.66. The van der Waals surface area contributed by atoms with Crippen molar-refractivity contribution in [1.29, 1.82) is 0 Å². The predicted octanol–water partition coefficient (Wildman–Crippen LogP) is 4.44. The molecule has 0 aromatic heterocycles. The SMILES string of the molecule is CC(=O)Nc1ccc(NC(=O)CN(Cc2ccccc2C)S(=O)(=O)c2ccc(Cl)cc2)cc1. The third-order valence-corrected chi connectivity index (χ3v) is 6.93. The summed E-state index contributed by atoms with van der Waals surface area (Å²) in [5.74, 6) is -0.695. The maximum absolute atomic E-state index is 13.4. The van der Waals surface area contributed by atoms with E-state index in [2.05, 4.69) is 10.6 Å². The van der Waals surface area contributed by atoms with Crippen LogP contribution in [0.1, 0.15) is 18.1 Å². The molecule has 3 rings (SSSR count). The molecule has 7 nitrogen and oxygen atoms in total. The van der Waals surface area contributed by atoms with Gasteiger partial charge < -0.3 is 10.6 Å². The standard InChI is InChI=1S/C24H24ClN3O4S/c1-17-5-3-4-6-19(17)15-28(33(31,32)23-13-7-20(25)8-14-23)16-24(30)27-22-11-9-21(10-12-22)26-18(2)29/h3-14H,15-16H2,1-2H3,(H,26,29)(H,27,30). The average molecular weight is 486 g/mol. The molecule has 9 heteroatoms. The summed E-state index contributed by atoms with van der Waals surface area (Å²) in [5, 5.41) is 5.77. The van der Waals surface area contributed by atoms with Crippen molar-refractivity contribution in [2.24, 2.45) is 0 Å². The van der Waals surface area contributed by atoms with Crippen molar-refractivity contribution in [3.63, 3.8) is 0 Å². The minimum Gasteiger partial charge on any atom is -0.326 e. The number of nitrogens with one attached hydrogen (secondary N) is 2. The Morgan fingerprint density at radius 1 is 0.879 bits per heavy atom. The molecule has 0 heterocycles. The van der Waals surface area contributed by atoms with E-state index in [0.717, 1.165) is 15.4 Å². The van der Waals surface area contributed by atoms with E-state index in [1.165, 1.54) is 31.2 Å². The normalized spacial score (nSPS) is 11.3. The lowest BCUT2D eigenvalue weighted by Crippen LogP contribution is -2.37. The second kappa shape index (κ2) is 10.6. The van der Waals surface area contributed by atoms with Crippen molar-refractivity contribution in [3.05, 3.63) is 88.9 Å². The van der Waals surface area contributed by atoms with Gasteiger partial charge in [0, 0.05) is 29.9 Å². The minimum atomic E-state index is -3.97. The van der Waals surface area contributed by atoms with Gasteiger partial charge in [-0.2, -0.15) is 4.31 Å². The van der Waals surface area contributed by atoms with Crippen LogP contribution >= 0.6 is 11.6 Å². The molecule has 2 amide bonds. The molecule has 3 aromatic carbocycles.